The van der Waals surface area contributed by atoms with Crippen LogP contribution in [-0.4, -0.2) is 89.9 Å². The Morgan fingerprint density at radius 2 is 1.75 bits per heavy atom. The molecular formula is C36H54FN5O2. The highest BCUT2D eigenvalue weighted by molar-refractivity contribution is 5.90. The quantitative estimate of drug-likeness (QED) is 0.382. The van der Waals surface area contributed by atoms with Crippen LogP contribution in [-0.2, 0) is 22.6 Å². The van der Waals surface area contributed by atoms with Crippen LogP contribution in [0.4, 0.5) is 4.39 Å². The van der Waals surface area contributed by atoms with Gasteiger partial charge in [-0.25, -0.2) is 4.39 Å². The zero-order chi connectivity index (χ0) is 31.2. The Labute approximate surface area is 264 Å². The van der Waals surface area contributed by atoms with Gasteiger partial charge in [0.1, 0.15) is 11.9 Å². The maximum absolute atomic E-state index is 14.2. The molecule has 0 radical (unpaired) electrons. The number of nitrogens with one attached hydrogen (secondary N) is 2. The molecule has 3 heterocycles. The lowest BCUT2D eigenvalue weighted by Gasteiger charge is -2.42. The first-order chi connectivity index (χ1) is 21.2. The normalized spacial score (nSPS) is 25.4. The second kappa shape index (κ2) is 15.2. The molecule has 0 bridgehead atoms. The van der Waals surface area contributed by atoms with Gasteiger partial charge in [-0.15, -0.1) is 0 Å². The number of benzene rings is 1. The van der Waals surface area contributed by atoms with Crippen molar-refractivity contribution in [2.75, 3.05) is 39.3 Å². The fraction of sp³-hybridized carbons (Fsp3) is 0.667. The molecule has 3 aliphatic heterocycles. The first-order valence-electron chi connectivity index (χ1n) is 17.1. The van der Waals surface area contributed by atoms with E-state index in [0.717, 1.165) is 32.6 Å². The monoisotopic (exact) mass is 607 g/mol. The van der Waals surface area contributed by atoms with E-state index in [1.807, 2.05) is 23.1 Å². The van der Waals surface area contributed by atoms with Crippen LogP contribution in [0.25, 0.3) is 0 Å². The van der Waals surface area contributed by atoms with Crippen molar-refractivity contribution in [2.45, 2.75) is 96.9 Å². The van der Waals surface area contributed by atoms with Crippen LogP contribution in [0.3, 0.4) is 0 Å². The minimum Gasteiger partial charge on any atom is -0.343 e. The van der Waals surface area contributed by atoms with Crippen molar-refractivity contribution in [2.24, 2.45) is 17.8 Å². The van der Waals surface area contributed by atoms with Crippen molar-refractivity contribution in [3.8, 4) is 0 Å². The van der Waals surface area contributed by atoms with Crippen LogP contribution in [0.5, 0.6) is 0 Å². The summed E-state index contributed by atoms with van der Waals surface area (Å²) in [4.78, 5) is 35.0. The van der Waals surface area contributed by atoms with Gasteiger partial charge in [-0.05, 0) is 92.6 Å². The highest BCUT2D eigenvalue weighted by Crippen LogP contribution is 2.28. The second-order valence-electron chi connectivity index (χ2n) is 14.4. The van der Waals surface area contributed by atoms with Crippen molar-refractivity contribution >= 4 is 11.8 Å². The summed E-state index contributed by atoms with van der Waals surface area (Å²) >= 11 is 0. The van der Waals surface area contributed by atoms with E-state index in [1.54, 1.807) is 6.08 Å². The average Bonchev–Trinajstić information content (AvgIpc) is 3.50. The Bertz CT molecular complexity index is 1190. The third kappa shape index (κ3) is 8.58. The van der Waals surface area contributed by atoms with Gasteiger partial charge in [0.2, 0.25) is 11.8 Å². The topological polar surface area (TPSA) is 67.9 Å². The fourth-order valence-corrected chi connectivity index (χ4v) is 7.65. The summed E-state index contributed by atoms with van der Waals surface area (Å²) in [6.07, 6.45) is 9.84. The maximum atomic E-state index is 14.2. The van der Waals surface area contributed by atoms with Crippen molar-refractivity contribution in [3.05, 3.63) is 59.4 Å². The van der Waals surface area contributed by atoms with Gasteiger partial charge >= 0.3 is 0 Å². The summed E-state index contributed by atoms with van der Waals surface area (Å²) in [5.41, 5.74) is 2.39. The van der Waals surface area contributed by atoms with E-state index >= 15 is 0 Å². The highest BCUT2D eigenvalue weighted by atomic mass is 19.1. The number of piperidine rings is 1. The number of likely N-dealkylation sites (tertiary alicyclic amines) is 2. The Balaban J connectivity index is 1.24. The van der Waals surface area contributed by atoms with Crippen molar-refractivity contribution in [1.29, 1.82) is 0 Å². The fourth-order valence-electron chi connectivity index (χ4n) is 7.65. The van der Waals surface area contributed by atoms with E-state index in [4.69, 9.17) is 0 Å². The average molecular weight is 608 g/mol. The molecule has 0 aromatic heterocycles. The lowest BCUT2D eigenvalue weighted by atomic mass is 9.91. The predicted molar refractivity (Wildman–Crippen MR) is 175 cm³/mol. The molecule has 7 nitrogen and oxygen atoms in total. The number of allylic oxidation sites excluding steroid dienone is 4. The summed E-state index contributed by atoms with van der Waals surface area (Å²) in [5, 5.41) is 6.52. The van der Waals surface area contributed by atoms with Gasteiger partial charge in [0.05, 0.1) is 6.04 Å². The van der Waals surface area contributed by atoms with Crippen molar-refractivity contribution in [1.82, 2.24) is 25.3 Å². The van der Waals surface area contributed by atoms with Crippen LogP contribution >= 0.6 is 0 Å². The number of hydrogen-bond donors (Lipinski definition) is 2. The molecule has 0 spiro atoms. The van der Waals surface area contributed by atoms with E-state index in [2.05, 4.69) is 60.3 Å². The Hall–Kier alpha value is -2.55. The minimum atomic E-state index is -0.637. The molecule has 2 fully saturated rings. The van der Waals surface area contributed by atoms with Crippen LogP contribution in [0, 0.1) is 17.8 Å². The number of fused-ring (bicyclic) bond motifs is 1. The summed E-state index contributed by atoms with van der Waals surface area (Å²) < 4.78 is 13.7. The van der Waals surface area contributed by atoms with Gasteiger partial charge in [0.25, 0.3) is 0 Å². The highest BCUT2D eigenvalue weighted by Gasteiger charge is 2.39. The predicted octanol–water partition coefficient (Wildman–Crippen LogP) is 4.68. The van der Waals surface area contributed by atoms with E-state index in [9.17, 15) is 14.0 Å². The lowest BCUT2D eigenvalue weighted by Crippen LogP contribution is -2.55. The van der Waals surface area contributed by atoms with Crippen LogP contribution in [0.15, 0.2) is 48.3 Å². The van der Waals surface area contributed by atoms with Gasteiger partial charge in [-0.1, -0.05) is 58.0 Å². The van der Waals surface area contributed by atoms with E-state index in [-0.39, 0.29) is 29.6 Å². The van der Waals surface area contributed by atoms with E-state index < -0.39 is 6.04 Å². The van der Waals surface area contributed by atoms with Gasteiger partial charge in [-0.3, -0.25) is 14.5 Å². The number of amides is 2. The molecule has 2 amide bonds. The second-order valence-corrected chi connectivity index (χ2v) is 14.4. The molecule has 1 unspecified atom stereocenters. The van der Waals surface area contributed by atoms with Crippen molar-refractivity contribution in [3.63, 3.8) is 0 Å². The molecule has 5 rings (SSSR count). The number of rotatable bonds is 11. The SMILES string of the molecule is CC(C)CN1CCC(N(CC(C)C)[C@H]2CCN(C(=O)[C@@H](CC3C=CC(F)=CC3)NC(=O)[C@H]3Cc4ccccc4CN3)C2)CC1. The Kier molecular flexibility index (Phi) is 11.3. The first-order valence-corrected chi connectivity index (χ1v) is 17.1. The molecule has 2 saturated heterocycles. The van der Waals surface area contributed by atoms with Gasteiger partial charge in [0, 0.05) is 44.8 Å². The summed E-state index contributed by atoms with van der Waals surface area (Å²) in [5.74, 6) is 0.878. The maximum Gasteiger partial charge on any atom is 0.245 e. The molecule has 8 heteroatoms. The standard InChI is InChI=1S/C36H54FN5O2/c1-25(2)22-40-16-13-31(14-17-40)42(23-26(3)4)32-15-18-41(24-32)36(44)34(19-27-9-11-30(37)12-10-27)39-35(43)33-20-28-7-5-6-8-29(28)21-38-33/h5-9,11-12,25-27,31-34,38H,10,13-24H2,1-4H3,(H,39,43)/t27?,32-,33+,34+/m0/s1. The minimum absolute atomic E-state index is 0.00302. The molecule has 4 aliphatic rings. The van der Waals surface area contributed by atoms with Gasteiger partial charge in [-0.2, -0.15) is 0 Å². The number of carbonyl (C=O) groups excluding carboxylic acids is 2. The molecule has 44 heavy (non-hydrogen) atoms. The molecule has 1 aromatic carbocycles. The molecule has 0 saturated carbocycles. The van der Waals surface area contributed by atoms with Crippen LogP contribution in [0.2, 0.25) is 0 Å². The summed E-state index contributed by atoms with van der Waals surface area (Å²) in [6.45, 7) is 15.7. The van der Waals surface area contributed by atoms with E-state index in [1.165, 1.54) is 30.0 Å². The van der Waals surface area contributed by atoms with Crippen LogP contribution in [0.1, 0.15) is 70.9 Å². The third-order valence-corrected chi connectivity index (χ3v) is 9.86. The lowest BCUT2D eigenvalue weighted by molar-refractivity contribution is -0.136. The smallest absolute Gasteiger partial charge is 0.245 e. The van der Waals surface area contributed by atoms with Gasteiger partial charge in [0.15, 0.2) is 0 Å². The number of hydrogen-bond acceptors (Lipinski definition) is 5. The first kappa shape index (κ1) is 32.8. The third-order valence-electron chi connectivity index (χ3n) is 9.86. The molecule has 1 aliphatic carbocycles. The zero-order valence-corrected chi connectivity index (χ0v) is 27.3. The molecule has 242 valence electrons. The molecule has 4 atom stereocenters. The number of carbonyl (C=O) groups is 2. The number of nitrogens with zero attached hydrogens (tertiary/aromatic N) is 3. The summed E-state index contributed by atoms with van der Waals surface area (Å²) in [6, 6.07) is 8.06. The molecule has 1 aromatic rings. The largest absolute Gasteiger partial charge is 0.343 e. The molecule has 2 N–H and O–H groups in total. The Morgan fingerprint density at radius 1 is 1.02 bits per heavy atom. The van der Waals surface area contributed by atoms with Crippen molar-refractivity contribution < 1.29 is 14.0 Å². The zero-order valence-electron chi connectivity index (χ0n) is 27.3. The van der Waals surface area contributed by atoms with Gasteiger partial charge < -0.3 is 20.4 Å². The number of halogens is 1. The molecular weight excluding hydrogens is 553 g/mol. The summed E-state index contributed by atoms with van der Waals surface area (Å²) in [7, 11) is 0. The van der Waals surface area contributed by atoms with Crippen LogP contribution < -0.4 is 10.6 Å². The Morgan fingerprint density at radius 3 is 2.43 bits per heavy atom. The van der Waals surface area contributed by atoms with E-state index in [0.29, 0.717) is 62.8 Å².